The summed E-state index contributed by atoms with van der Waals surface area (Å²) in [4.78, 5) is 39.4. The summed E-state index contributed by atoms with van der Waals surface area (Å²) in [6.07, 6.45) is 5.19. The Kier molecular flexibility index (Phi) is 9.06. The molecule has 0 atom stereocenters. The number of rotatable bonds is 11. The maximum Gasteiger partial charge on any atom is 0.262 e. The number of carbonyl (C=O) groups excluding carboxylic acids is 3. The molecule has 0 bridgehead atoms. The molecule has 1 N–H and O–H groups in total. The van der Waals surface area contributed by atoms with Crippen molar-refractivity contribution in [3.63, 3.8) is 0 Å². The second-order valence-electron chi connectivity index (χ2n) is 8.69. The van der Waals surface area contributed by atoms with Gasteiger partial charge in [0.05, 0.1) is 18.3 Å². The molecular weight excluding hydrogens is 442 g/mol. The molecule has 2 aromatic carbocycles. The molecule has 1 aromatic heterocycles. The van der Waals surface area contributed by atoms with Gasteiger partial charge in [-0.1, -0.05) is 37.5 Å². The molecule has 0 spiro atoms. The number of nitrogens with one attached hydrogen (secondary N) is 1. The van der Waals surface area contributed by atoms with E-state index in [0.29, 0.717) is 24.3 Å². The van der Waals surface area contributed by atoms with Gasteiger partial charge in [0.15, 0.2) is 0 Å². The Hall–Kier alpha value is -3.61. The number of ether oxygens (including phenoxy) is 1. The van der Waals surface area contributed by atoms with Crippen LogP contribution < -0.4 is 15.0 Å². The zero-order valence-electron chi connectivity index (χ0n) is 21.1. The quantitative estimate of drug-likeness (QED) is 0.390. The van der Waals surface area contributed by atoms with Crippen molar-refractivity contribution in [2.45, 2.75) is 52.4 Å². The number of amides is 2. The van der Waals surface area contributed by atoms with Crippen LogP contribution in [0.25, 0.3) is 10.9 Å². The summed E-state index contributed by atoms with van der Waals surface area (Å²) in [6, 6.07) is 14.7. The van der Waals surface area contributed by atoms with Crippen LogP contribution in [-0.4, -0.2) is 43.0 Å². The number of fused-ring (bicyclic) bond motifs is 1. The van der Waals surface area contributed by atoms with Crippen LogP contribution in [0.1, 0.15) is 61.5 Å². The van der Waals surface area contributed by atoms with Gasteiger partial charge in [0.1, 0.15) is 5.75 Å². The summed E-state index contributed by atoms with van der Waals surface area (Å²) < 4.78 is 7.14. The molecule has 7 heteroatoms. The summed E-state index contributed by atoms with van der Waals surface area (Å²) in [7, 11) is 3.26. The van der Waals surface area contributed by atoms with Crippen LogP contribution in [-0.2, 0) is 9.59 Å². The van der Waals surface area contributed by atoms with Crippen molar-refractivity contribution in [3.8, 4) is 5.75 Å². The van der Waals surface area contributed by atoms with Crippen molar-refractivity contribution in [2.24, 2.45) is 0 Å². The van der Waals surface area contributed by atoms with E-state index >= 15 is 0 Å². The number of nitrogens with zero attached hydrogens (tertiary/aromatic N) is 2. The second kappa shape index (κ2) is 12.2. The monoisotopic (exact) mass is 477 g/mol. The SMILES string of the molecule is CNC(=O)CCCCCCCN(C(C)=O)c1c(C)n(C(=O)c2ccccc2)c2ccc(OC)cc12. The molecule has 186 valence electrons. The second-order valence-corrected chi connectivity index (χ2v) is 8.69. The van der Waals surface area contributed by atoms with Crippen molar-refractivity contribution in [2.75, 3.05) is 25.6 Å². The summed E-state index contributed by atoms with van der Waals surface area (Å²) in [6.45, 7) is 4.00. The summed E-state index contributed by atoms with van der Waals surface area (Å²) in [5.74, 6) is 0.536. The number of aromatic nitrogens is 1. The number of hydrogen-bond donors (Lipinski definition) is 1. The Balaban J connectivity index is 1.87. The van der Waals surface area contributed by atoms with E-state index in [9.17, 15) is 14.4 Å². The van der Waals surface area contributed by atoms with Gasteiger partial charge in [0, 0.05) is 43.6 Å². The van der Waals surface area contributed by atoms with E-state index < -0.39 is 0 Å². The van der Waals surface area contributed by atoms with Crippen LogP contribution >= 0.6 is 0 Å². The molecule has 3 rings (SSSR count). The first-order chi connectivity index (χ1) is 16.9. The highest BCUT2D eigenvalue weighted by atomic mass is 16.5. The molecule has 0 aliphatic heterocycles. The van der Waals surface area contributed by atoms with E-state index in [-0.39, 0.29) is 17.7 Å². The number of methoxy groups -OCH3 is 1. The Bertz CT molecular complexity index is 1180. The molecule has 7 nitrogen and oxygen atoms in total. The van der Waals surface area contributed by atoms with Crippen molar-refractivity contribution in [3.05, 3.63) is 59.8 Å². The molecule has 0 saturated carbocycles. The fourth-order valence-corrected chi connectivity index (χ4v) is 4.46. The maximum absolute atomic E-state index is 13.5. The van der Waals surface area contributed by atoms with E-state index in [1.54, 1.807) is 42.7 Å². The van der Waals surface area contributed by atoms with Gasteiger partial charge < -0.3 is 15.0 Å². The van der Waals surface area contributed by atoms with Crippen molar-refractivity contribution >= 4 is 34.3 Å². The van der Waals surface area contributed by atoms with Gasteiger partial charge in [-0.3, -0.25) is 19.0 Å². The van der Waals surface area contributed by atoms with E-state index in [1.165, 1.54) is 0 Å². The zero-order valence-corrected chi connectivity index (χ0v) is 21.1. The van der Waals surface area contributed by atoms with Crippen molar-refractivity contribution in [1.82, 2.24) is 9.88 Å². The fourth-order valence-electron chi connectivity index (χ4n) is 4.46. The van der Waals surface area contributed by atoms with E-state index in [4.69, 9.17) is 4.74 Å². The molecule has 0 aliphatic carbocycles. The average Bonchev–Trinajstić information content (AvgIpc) is 3.15. The van der Waals surface area contributed by atoms with Gasteiger partial charge in [-0.25, -0.2) is 0 Å². The molecule has 0 aliphatic rings. The molecular formula is C28H35N3O4. The number of anilines is 1. The number of benzene rings is 2. The third-order valence-electron chi connectivity index (χ3n) is 6.32. The normalized spacial score (nSPS) is 10.9. The lowest BCUT2D eigenvalue weighted by atomic mass is 10.1. The summed E-state index contributed by atoms with van der Waals surface area (Å²) >= 11 is 0. The lowest BCUT2D eigenvalue weighted by molar-refractivity contribution is -0.120. The molecule has 0 unspecified atom stereocenters. The Labute approximate surface area is 207 Å². The number of hydrogen-bond acceptors (Lipinski definition) is 4. The largest absolute Gasteiger partial charge is 0.497 e. The van der Waals surface area contributed by atoms with E-state index in [0.717, 1.165) is 54.4 Å². The zero-order chi connectivity index (χ0) is 25.4. The predicted octanol–water partition coefficient (Wildman–Crippen LogP) is 5.09. The third kappa shape index (κ3) is 6.10. The molecule has 1 heterocycles. The van der Waals surface area contributed by atoms with Crippen LogP contribution in [0.15, 0.2) is 48.5 Å². The Morgan fingerprint density at radius 1 is 0.971 bits per heavy atom. The highest BCUT2D eigenvalue weighted by molar-refractivity contribution is 6.11. The Morgan fingerprint density at radius 2 is 1.66 bits per heavy atom. The van der Waals surface area contributed by atoms with E-state index in [2.05, 4.69) is 5.32 Å². The number of unbranched alkanes of at least 4 members (excludes halogenated alkanes) is 4. The van der Waals surface area contributed by atoms with Crippen LogP contribution in [0.2, 0.25) is 0 Å². The minimum Gasteiger partial charge on any atom is -0.497 e. The molecule has 0 radical (unpaired) electrons. The van der Waals surface area contributed by atoms with E-state index in [1.807, 2.05) is 43.3 Å². The van der Waals surface area contributed by atoms with Gasteiger partial charge >= 0.3 is 0 Å². The molecule has 0 saturated heterocycles. The van der Waals surface area contributed by atoms with Crippen LogP contribution in [0.5, 0.6) is 5.75 Å². The lowest BCUT2D eigenvalue weighted by Gasteiger charge is -2.22. The topological polar surface area (TPSA) is 80.6 Å². The lowest BCUT2D eigenvalue weighted by Crippen LogP contribution is -2.30. The first-order valence-electron chi connectivity index (χ1n) is 12.2. The average molecular weight is 478 g/mol. The summed E-state index contributed by atoms with van der Waals surface area (Å²) in [5.41, 5.74) is 2.80. The van der Waals surface area contributed by atoms with Gasteiger partial charge in [-0.2, -0.15) is 0 Å². The number of carbonyl (C=O) groups is 3. The fraction of sp³-hybridized carbons (Fsp3) is 0.393. The third-order valence-corrected chi connectivity index (χ3v) is 6.32. The highest BCUT2D eigenvalue weighted by Gasteiger charge is 2.25. The van der Waals surface area contributed by atoms with Crippen molar-refractivity contribution < 1.29 is 19.1 Å². The minimum absolute atomic E-state index is 0.0678. The van der Waals surface area contributed by atoms with Crippen LogP contribution in [0, 0.1) is 6.92 Å². The molecule has 3 aromatic rings. The van der Waals surface area contributed by atoms with Gasteiger partial charge in [0.2, 0.25) is 11.8 Å². The Morgan fingerprint density at radius 3 is 2.31 bits per heavy atom. The highest BCUT2D eigenvalue weighted by Crippen LogP contribution is 2.37. The first-order valence-corrected chi connectivity index (χ1v) is 12.2. The van der Waals surface area contributed by atoms with Crippen LogP contribution in [0.3, 0.4) is 0 Å². The van der Waals surface area contributed by atoms with Crippen molar-refractivity contribution in [1.29, 1.82) is 0 Å². The summed E-state index contributed by atoms with van der Waals surface area (Å²) in [5, 5.41) is 3.45. The molecule has 0 fully saturated rings. The maximum atomic E-state index is 13.5. The predicted molar refractivity (Wildman–Crippen MR) is 139 cm³/mol. The molecule has 35 heavy (non-hydrogen) atoms. The molecule has 2 amide bonds. The smallest absolute Gasteiger partial charge is 0.262 e. The minimum atomic E-state index is -0.135. The van der Waals surface area contributed by atoms with Gasteiger partial charge in [-0.15, -0.1) is 0 Å². The first kappa shape index (κ1) is 26.0. The standard InChI is InChI=1S/C28H35N3O4/c1-20-27(30(21(2)32)18-12-7-5-6-11-15-26(33)29-3)24-19-23(35-4)16-17-25(24)31(20)28(34)22-13-9-8-10-14-22/h8-10,13-14,16-17,19H,5-7,11-12,15,18H2,1-4H3,(H,29,33). The van der Waals surface area contributed by atoms with Gasteiger partial charge in [-0.05, 0) is 50.1 Å². The van der Waals surface area contributed by atoms with Gasteiger partial charge in [0.25, 0.3) is 5.91 Å². The van der Waals surface area contributed by atoms with Crippen LogP contribution in [0.4, 0.5) is 5.69 Å².